The average molecular weight is 388 g/mol. The van der Waals surface area contributed by atoms with E-state index in [-0.39, 0.29) is 5.70 Å². The molecular formula is C23H20N2O4. The van der Waals surface area contributed by atoms with E-state index < -0.39 is 11.9 Å². The molecule has 0 bridgehead atoms. The molecule has 0 aliphatic rings. The highest BCUT2D eigenvalue weighted by Crippen LogP contribution is 2.16. The lowest BCUT2D eigenvalue weighted by Crippen LogP contribution is -2.27. The molecule has 3 aromatic rings. The summed E-state index contributed by atoms with van der Waals surface area (Å²) in [6, 6.07) is 22.7. The van der Waals surface area contributed by atoms with Crippen LogP contribution >= 0.6 is 0 Å². The van der Waals surface area contributed by atoms with Gasteiger partial charge < -0.3 is 20.9 Å². The molecule has 1 amide bonds. The van der Waals surface area contributed by atoms with Crippen LogP contribution in [0.1, 0.15) is 21.5 Å². The molecule has 3 aromatic carbocycles. The van der Waals surface area contributed by atoms with Crippen molar-refractivity contribution < 1.29 is 19.4 Å². The maximum absolute atomic E-state index is 12.2. The molecule has 0 aromatic heterocycles. The van der Waals surface area contributed by atoms with Crippen molar-refractivity contribution in [1.29, 1.82) is 0 Å². The molecule has 0 spiro atoms. The van der Waals surface area contributed by atoms with Gasteiger partial charge in [0.05, 0.1) is 0 Å². The predicted octanol–water partition coefficient (Wildman–Crippen LogP) is 3.70. The second kappa shape index (κ2) is 9.23. The number of benzene rings is 3. The second-order valence-corrected chi connectivity index (χ2v) is 6.28. The molecule has 29 heavy (non-hydrogen) atoms. The maximum atomic E-state index is 12.2. The number of hydrogen-bond donors (Lipinski definition) is 3. The Kier molecular flexibility index (Phi) is 6.27. The van der Waals surface area contributed by atoms with Gasteiger partial charge in [-0.3, -0.25) is 4.79 Å². The van der Waals surface area contributed by atoms with E-state index >= 15 is 0 Å². The Balaban J connectivity index is 1.66. The number of hydrogen-bond acceptors (Lipinski definition) is 4. The van der Waals surface area contributed by atoms with Gasteiger partial charge in [0, 0.05) is 11.3 Å². The highest BCUT2D eigenvalue weighted by Gasteiger charge is 2.13. The van der Waals surface area contributed by atoms with Crippen molar-refractivity contribution in [2.75, 3.05) is 5.73 Å². The molecule has 0 heterocycles. The fourth-order valence-electron chi connectivity index (χ4n) is 2.54. The molecule has 0 saturated carbocycles. The molecule has 4 N–H and O–H groups in total. The van der Waals surface area contributed by atoms with Gasteiger partial charge >= 0.3 is 5.97 Å². The van der Waals surface area contributed by atoms with Crippen molar-refractivity contribution in [2.45, 2.75) is 6.61 Å². The number of nitrogen functional groups attached to an aromatic ring is 1. The number of aliphatic carboxylic acids is 1. The zero-order chi connectivity index (χ0) is 20.6. The molecule has 0 aliphatic heterocycles. The quantitative estimate of drug-likeness (QED) is 0.423. The Hall–Kier alpha value is -4.06. The summed E-state index contributed by atoms with van der Waals surface area (Å²) in [4.78, 5) is 23.7. The molecule has 0 radical (unpaired) electrons. The summed E-state index contributed by atoms with van der Waals surface area (Å²) in [7, 11) is 0. The number of carboxylic acids is 1. The van der Waals surface area contributed by atoms with Crippen LogP contribution in [0.4, 0.5) is 5.69 Å². The average Bonchev–Trinajstić information content (AvgIpc) is 2.74. The molecule has 146 valence electrons. The summed E-state index contributed by atoms with van der Waals surface area (Å²) in [5.74, 6) is -1.06. The summed E-state index contributed by atoms with van der Waals surface area (Å²) in [6.07, 6.45) is 1.40. The highest BCUT2D eigenvalue weighted by molar-refractivity contribution is 6.02. The SMILES string of the molecule is Nc1ccc(COc2ccc(/C=C(\NC(=O)c3ccccc3)C(=O)O)cc2)cc1. The molecule has 6 heteroatoms. The lowest BCUT2D eigenvalue weighted by atomic mass is 10.1. The number of anilines is 1. The number of carbonyl (C=O) groups excluding carboxylic acids is 1. The van der Waals surface area contributed by atoms with E-state index in [2.05, 4.69) is 5.32 Å². The van der Waals surface area contributed by atoms with Crippen LogP contribution in [0.2, 0.25) is 0 Å². The summed E-state index contributed by atoms with van der Waals surface area (Å²) in [5, 5.41) is 11.8. The van der Waals surface area contributed by atoms with Crippen molar-refractivity contribution >= 4 is 23.6 Å². The first-order valence-electron chi connectivity index (χ1n) is 8.90. The predicted molar refractivity (Wildman–Crippen MR) is 111 cm³/mol. The van der Waals surface area contributed by atoms with Crippen molar-refractivity contribution in [3.05, 3.63) is 101 Å². The fourth-order valence-corrected chi connectivity index (χ4v) is 2.54. The third-order valence-electron chi connectivity index (χ3n) is 4.09. The normalized spacial score (nSPS) is 11.0. The number of amides is 1. The van der Waals surface area contributed by atoms with Gasteiger partial charge in [0.2, 0.25) is 0 Å². The van der Waals surface area contributed by atoms with Gasteiger partial charge in [-0.15, -0.1) is 0 Å². The van der Waals surface area contributed by atoms with E-state index in [1.54, 1.807) is 54.6 Å². The third-order valence-corrected chi connectivity index (χ3v) is 4.09. The van der Waals surface area contributed by atoms with Crippen molar-refractivity contribution in [3.8, 4) is 5.75 Å². The molecular weight excluding hydrogens is 368 g/mol. The fraction of sp³-hybridized carbons (Fsp3) is 0.0435. The van der Waals surface area contributed by atoms with E-state index in [9.17, 15) is 14.7 Å². The highest BCUT2D eigenvalue weighted by atomic mass is 16.5. The van der Waals surface area contributed by atoms with Gasteiger partial charge in [-0.25, -0.2) is 4.79 Å². The Labute approximate surface area is 168 Å². The van der Waals surface area contributed by atoms with E-state index in [0.29, 0.717) is 29.2 Å². The zero-order valence-corrected chi connectivity index (χ0v) is 15.5. The van der Waals surface area contributed by atoms with E-state index in [0.717, 1.165) is 5.56 Å². The van der Waals surface area contributed by atoms with Crippen LogP contribution in [0.5, 0.6) is 5.75 Å². The van der Waals surface area contributed by atoms with Crippen LogP contribution in [0.15, 0.2) is 84.6 Å². The van der Waals surface area contributed by atoms with Crippen LogP contribution in [0.25, 0.3) is 6.08 Å². The molecule has 0 fully saturated rings. The van der Waals surface area contributed by atoms with Gasteiger partial charge in [-0.05, 0) is 53.6 Å². The Morgan fingerprint density at radius 3 is 2.21 bits per heavy atom. The van der Waals surface area contributed by atoms with Crippen LogP contribution < -0.4 is 15.8 Å². The van der Waals surface area contributed by atoms with Crippen LogP contribution in [-0.4, -0.2) is 17.0 Å². The van der Waals surface area contributed by atoms with Crippen LogP contribution in [0, 0.1) is 0 Å². The minimum atomic E-state index is -1.22. The second-order valence-electron chi connectivity index (χ2n) is 6.28. The standard InChI is InChI=1S/C23H20N2O4/c24-19-10-6-17(7-11-19)15-29-20-12-8-16(9-13-20)14-21(23(27)28)25-22(26)18-4-2-1-3-5-18/h1-14H,15,24H2,(H,25,26)(H,27,28)/b21-14-. The number of ether oxygens (including phenoxy) is 1. The van der Waals surface area contributed by atoms with Crippen molar-refractivity contribution in [2.24, 2.45) is 0 Å². The molecule has 0 saturated heterocycles. The number of carbonyl (C=O) groups is 2. The number of nitrogens with one attached hydrogen (secondary N) is 1. The monoisotopic (exact) mass is 388 g/mol. The first-order chi connectivity index (χ1) is 14.0. The lowest BCUT2D eigenvalue weighted by molar-refractivity contribution is -0.132. The molecule has 6 nitrogen and oxygen atoms in total. The van der Waals surface area contributed by atoms with Gasteiger partial charge in [0.1, 0.15) is 18.1 Å². The summed E-state index contributed by atoms with van der Waals surface area (Å²) in [5.41, 5.74) is 8.13. The molecule has 0 atom stereocenters. The third kappa shape index (κ3) is 5.71. The van der Waals surface area contributed by atoms with Gasteiger partial charge in [-0.2, -0.15) is 0 Å². The summed E-state index contributed by atoms with van der Waals surface area (Å²) in [6.45, 7) is 0.392. The van der Waals surface area contributed by atoms with Crippen molar-refractivity contribution in [1.82, 2.24) is 5.32 Å². The Morgan fingerprint density at radius 1 is 0.931 bits per heavy atom. The molecule has 3 rings (SSSR count). The minimum Gasteiger partial charge on any atom is -0.489 e. The first-order valence-corrected chi connectivity index (χ1v) is 8.90. The number of carboxylic acid groups (broad SMARTS) is 1. The van der Waals surface area contributed by atoms with Gasteiger partial charge in [0.15, 0.2) is 0 Å². The van der Waals surface area contributed by atoms with E-state index in [1.165, 1.54) is 6.08 Å². The van der Waals surface area contributed by atoms with Crippen LogP contribution in [0.3, 0.4) is 0 Å². The Bertz CT molecular complexity index is 1010. The van der Waals surface area contributed by atoms with E-state index in [1.807, 2.05) is 24.3 Å². The van der Waals surface area contributed by atoms with E-state index in [4.69, 9.17) is 10.5 Å². The first kappa shape index (κ1) is 19.7. The van der Waals surface area contributed by atoms with Crippen molar-refractivity contribution in [3.63, 3.8) is 0 Å². The lowest BCUT2D eigenvalue weighted by Gasteiger charge is -2.08. The maximum Gasteiger partial charge on any atom is 0.352 e. The zero-order valence-electron chi connectivity index (χ0n) is 15.5. The van der Waals surface area contributed by atoms with Gasteiger partial charge in [-0.1, -0.05) is 42.5 Å². The topological polar surface area (TPSA) is 102 Å². The Morgan fingerprint density at radius 2 is 1.59 bits per heavy atom. The molecule has 0 aliphatic carbocycles. The summed E-state index contributed by atoms with van der Waals surface area (Å²) < 4.78 is 5.71. The smallest absolute Gasteiger partial charge is 0.352 e. The largest absolute Gasteiger partial charge is 0.489 e. The molecule has 0 unspecified atom stereocenters. The van der Waals surface area contributed by atoms with Gasteiger partial charge in [0.25, 0.3) is 5.91 Å². The minimum absolute atomic E-state index is 0.214. The number of nitrogens with two attached hydrogens (primary N) is 1. The number of rotatable bonds is 7. The summed E-state index contributed by atoms with van der Waals surface area (Å²) >= 11 is 0. The van der Waals surface area contributed by atoms with Crippen LogP contribution in [-0.2, 0) is 11.4 Å².